The van der Waals surface area contributed by atoms with Crippen LogP contribution in [0.1, 0.15) is 5.56 Å². The van der Waals surface area contributed by atoms with Gasteiger partial charge in [-0.05, 0) is 42.8 Å². The summed E-state index contributed by atoms with van der Waals surface area (Å²) in [7, 11) is 0. The van der Waals surface area contributed by atoms with Crippen LogP contribution in [0, 0.1) is 12.7 Å². The molecule has 1 fully saturated rings. The van der Waals surface area contributed by atoms with Crippen LogP contribution in [-0.4, -0.2) is 36.1 Å². The molecule has 1 aliphatic heterocycles. The molecule has 6 heteroatoms. The molecular formula is C21H22FN5. The Bertz CT molecular complexity index is 922. The summed E-state index contributed by atoms with van der Waals surface area (Å²) in [4.78, 5) is 13.3. The van der Waals surface area contributed by atoms with Crippen molar-refractivity contribution in [2.75, 3.05) is 41.3 Å². The summed E-state index contributed by atoms with van der Waals surface area (Å²) in [5.41, 5.74) is 3.22. The number of benzene rings is 2. The summed E-state index contributed by atoms with van der Waals surface area (Å²) in [6, 6.07) is 16.9. The molecule has 2 aromatic carbocycles. The van der Waals surface area contributed by atoms with Gasteiger partial charge in [-0.1, -0.05) is 18.2 Å². The highest BCUT2D eigenvalue weighted by molar-refractivity contribution is 5.59. The Balaban J connectivity index is 1.42. The molecule has 138 valence electrons. The maximum Gasteiger partial charge on any atom is 0.135 e. The molecule has 0 aliphatic carbocycles. The third-order valence-corrected chi connectivity index (χ3v) is 4.72. The Morgan fingerprint density at radius 3 is 2.44 bits per heavy atom. The first-order valence-electron chi connectivity index (χ1n) is 9.08. The molecule has 27 heavy (non-hydrogen) atoms. The van der Waals surface area contributed by atoms with Crippen LogP contribution in [0.3, 0.4) is 0 Å². The van der Waals surface area contributed by atoms with Crippen molar-refractivity contribution >= 4 is 23.0 Å². The zero-order valence-corrected chi connectivity index (χ0v) is 15.3. The summed E-state index contributed by atoms with van der Waals surface area (Å²) in [5.74, 6) is 1.26. The second-order valence-electron chi connectivity index (χ2n) is 6.71. The third-order valence-electron chi connectivity index (χ3n) is 4.72. The number of aryl methyl sites for hydroxylation is 1. The molecular weight excluding hydrogens is 341 g/mol. The maximum atomic E-state index is 13.4. The molecule has 4 rings (SSSR count). The summed E-state index contributed by atoms with van der Waals surface area (Å²) >= 11 is 0. The fourth-order valence-corrected chi connectivity index (χ4v) is 3.32. The molecule has 0 atom stereocenters. The number of halogens is 1. The van der Waals surface area contributed by atoms with E-state index in [0.29, 0.717) is 11.5 Å². The number of nitrogens with zero attached hydrogens (tertiary/aromatic N) is 4. The molecule has 1 aliphatic rings. The van der Waals surface area contributed by atoms with Crippen LogP contribution in [0.15, 0.2) is 60.9 Å². The lowest BCUT2D eigenvalue weighted by molar-refractivity contribution is 0.628. The number of hydrogen-bond donors (Lipinski definition) is 1. The van der Waals surface area contributed by atoms with E-state index in [-0.39, 0.29) is 5.82 Å². The lowest BCUT2D eigenvalue weighted by Crippen LogP contribution is -2.46. The second kappa shape index (κ2) is 7.61. The largest absolute Gasteiger partial charge is 0.368 e. The number of piperazine rings is 1. The normalized spacial score (nSPS) is 14.3. The number of anilines is 4. The molecule has 0 radical (unpaired) electrons. The number of nitrogens with one attached hydrogen (secondary N) is 1. The number of hydrogen-bond acceptors (Lipinski definition) is 5. The summed E-state index contributed by atoms with van der Waals surface area (Å²) in [6.45, 7) is 5.79. The van der Waals surface area contributed by atoms with Gasteiger partial charge in [0.25, 0.3) is 0 Å². The van der Waals surface area contributed by atoms with Crippen molar-refractivity contribution in [3.63, 3.8) is 0 Å². The standard InChI is InChI=1S/C21H22FN5/c1-16-4-2-7-19(12-16)26-8-10-27(11-9-26)21-14-20(23-15-24-21)25-18-6-3-5-17(22)13-18/h2-7,12-15H,8-11H2,1H3,(H,23,24,25). The zero-order valence-electron chi connectivity index (χ0n) is 15.3. The molecule has 0 saturated carbocycles. The van der Waals surface area contributed by atoms with Crippen LogP contribution >= 0.6 is 0 Å². The van der Waals surface area contributed by atoms with Crippen LogP contribution in [0.2, 0.25) is 0 Å². The van der Waals surface area contributed by atoms with E-state index < -0.39 is 0 Å². The average Bonchev–Trinajstić information content (AvgIpc) is 2.68. The molecule has 2 heterocycles. The van der Waals surface area contributed by atoms with Crippen molar-refractivity contribution in [3.8, 4) is 0 Å². The van der Waals surface area contributed by atoms with Crippen LogP contribution in [-0.2, 0) is 0 Å². The van der Waals surface area contributed by atoms with Crippen molar-refractivity contribution in [2.24, 2.45) is 0 Å². The van der Waals surface area contributed by atoms with Gasteiger partial charge in [0.2, 0.25) is 0 Å². The van der Waals surface area contributed by atoms with Crippen LogP contribution in [0.25, 0.3) is 0 Å². The van der Waals surface area contributed by atoms with Gasteiger partial charge in [-0.15, -0.1) is 0 Å². The molecule has 1 aromatic heterocycles. The highest BCUT2D eigenvalue weighted by Gasteiger charge is 2.19. The molecule has 3 aromatic rings. The second-order valence-corrected chi connectivity index (χ2v) is 6.71. The van der Waals surface area contributed by atoms with Crippen molar-refractivity contribution < 1.29 is 4.39 Å². The van der Waals surface area contributed by atoms with Gasteiger partial charge in [-0.25, -0.2) is 14.4 Å². The molecule has 5 nitrogen and oxygen atoms in total. The van der Waals surface area contributed by atoms with Gasteiger partial charge in [-0.3, -0.25) is 0 Å². The quantitative estimate of drug-likeness (QED) is 0.759. The topological polar surface area (TPSA) is 44.3 Å². The Hall–Kier alpha value is -3.15. The molecule has 0 spiro atoms. The molecule has 1 saturated heterocycles. The summed E-state index contributed by atoms with van der Waals surface area (Å²) in [6.07, 6.45) is 1.55. The lowest BCUT2D eigenvalue weighted by atomic mass is 10.2. The molecule has 0 amide bonds. The van der Waals surface area contributed by atoms with E-state index in [1.165, 1.54) is 23.4 Å². The van der Waals surface area contributed by atoms with Crippen LogP contribution in [0.5, 0.6) is 0 Å². The predicted molar refractivity (Wildman–Crippen MR) is 107 cm³/mol. The first-order chi connectivity index (χ1) is 13.2. The van der Waals surface area contributed by atoms with E-state index in [2.05, 4.69) is 56.3 Å². The Morgan fingerprint density at radius 1 is 0.889 bits per heavy atom. The van der Waals surface area contributed by atoms with Gasteiger partial charge < -0.3 is 15.1 Å². The Kier molecular flexibility index (Phi) is 4.87. The number of aromatic nitrogens is 2. The smallest absolute Gasteiger partial charge is 0.135 e. The Morgan fingerprint density at radius 2 is 1.67 bits per heavy atom. The van der Waals surface area contributed by atoms with Crippen molar-refractivity contribution in [2.45, 2.75) is 6.92 Å². The molecule has 0 unspecified atom stereocenters. The van der Waals surface area contributed by atoms with Gasteiger partial charge in [0.15, 0.2) is 0 Å². The predicted octanol–water partition coefficient (Wildman–Crippen LogP) is 3.99. The first kappa shape index (κ1) is 17.3. The SMILES string of the molecule is Cc1cccc(N2CCN(c3cc(Nc4cccc(F)c4)ncn3)CC2)c1. The fourth-order valence-electron chi connectivity index (χ4n) is 3.32. The Labute approximate surface area is 158 Å². The van der Waals surface area contributed by atoms with E-state index in [4.69, 9.17) is 0 Å². The van der Waals surface area contributed by atoms with E-state index in [0.717, 1.165) is 32.0 Å². The lowest BCUT2D eigenvalue weighted by Gasteiger charge is -2.36. The average molecular weight is 363 g/mol. The monoisotopic (exact) mass is 363 g/mol. The van der Waals surface area contributed by atoms with Gasteiger partial charge in [-0.2, -0.15) is 0 Å². The van der Waals surface area contributed by atoms with E-state index in [1.807, 2.05) is 12.1 Å². The fraction of sp³-hybridized carbons (Fsp3) is 0.238. The number of rotatable bonds is 4. The van der Waals surface area contributed by atoms with Gasteiger partial charge in [0, 0.05) is 43.6 Å². The van der Waals surface area contributed by atoms with Crippen molar-refractivity contribution in [3.05, 3.63) is 72.3 Å². The van der Waals surface area contributed by atoms with Crippen molar-refractivity contribution in [1.82, 2.24) is 9.97 Å². The van der Waals surface area contributed by atoms with E-state index >= 15 is 0 Å². The minimum absolute atomic E-state index is 0.276. The summed E-state index contributed by atoms with van der Waals surface area (Å²) in [5, 5.41) is 3.14. The highest BCUT2D eigenvalue weighted by Crippen LogP contribution is 2.22. The minimum atomic E-state index is -0.276. The van der Waals surface area contributed by atoms with Crippen molar-refractivity contribution in [1.29, 1.82) is 0 Å². The van der Waals surface area contributed by atoms with Crippen LogP contribution < -0.4 is 15.1 Å². The van der Waals surface area contributed by atoms with Gasteiger partial charge in [0.1, 0.15) is 23.8 Å². The van der Waals surface area contributed by atoms with Gasteiger partial charge in [0.05, 0.1) is 0 Å². The van der Waals surface area contributed by atoms with Crippen LogP contribution in [0.4, 0.5) is 27.4 Å². The van der Waals surface area contributed by atoms with E-state index in [1.54, 1.807) is 12.4 Å². The maximum absolute atomic E-state index is 13.4. The van der Waals surface area contributed by atoms with E-state index in [9.17, 15) is 4.39 Å². The van der Waals surface area contributed by atoms with Gasteiger partial charge >= 0.3 is 0 Å². The minimum Gasteiger partial charge on any atom is -0.368 e. The first-order valence-corrected chi connectivity index (χ1v) is 9.08. The third kappa shape index (κ3) is 4.16. The highest BCUT2D eigenvalue weighted by atomic mass is 19.1. The summed E-state index contributed by atoms with van der Waals surface area (Å²) < 4.78 is 13.4. The zero-order chi connectivity index (χ0) is 18.6. The molecule has 1 N–H and O–H groups in total. The molecule has 0 bridgehead atoms.